The van der Waals surface area contributed by atoms with E-state index in [0.29, 0.717) is 20.2 Å². The Morgan fingerprint density at radius 1 is 0.968 bits per heavy atom. The molecule has 0 saturated carbocycles. The second-order valence-electron chi connectivity index (χ2n) is 6.32. The van der Waals surface area contributed by atoms with E-state index in [1.807, 2.05) is 65.2 Å². The van der Waals surface area contributed by atoms with Gasteiger partial charge in [-0.3, -0.25) is 14.2 Å². The van der Waals surface area contributed by atoms with Gasteiger partial charge in [-0.15, -0.1) is 21.5 Å². The molecule has 0 aliphatic rings. The summed E-state index contributed by atoms with van der Waals surface area (Å²) in [4.78, 5) is 24.7. The van der Waals surface area contributed by atoms with E-state index in [9.17, 15) is 9.59 Å². The van der Waals surface area contributed by atoms with Crippen molar-refractivity contribution in [3.8, 4) is 17.1 Å². The molecule has 0 saturated heterocycles. The smallest absolute Gasteiger partial charge is 0.316 e. The van der Waals surface area contributed by atoms with Crippen LogP contribution < -0.4 is 0 Å². The van der Waals surface area contributed by atoms with Gasteiger partial charge in [-0.1, -0.05) is 71.9 Å². The van der Waals surface area contributed by atoms with Crippen molar-refractivity contribution in [2.24, 2.45) is 0 Å². The number of nitrogens with zero attached hydrogens (tertiary/aromatic N) is 3. The van der Waals surface area contributed by atoms with Crippen molar-refractivity contribution in [2.75, 3.05) is 12.4 Å². The van der Waals surface area contributed by atoms with Gasteiger partial charge in [0, 0.05) is 11.3 Å². The molecule has 0 atom stereocenters. The molecular formula is C22H16ClN3O3S2. The third-order valence-electron chi connectivity index (χ3n) is 4.21. The summed E-state index contributed by atoms with van der Waals surface area (Å²) in [5.74, 6) is -0.121. The van der Waals surface area contributed by atoms with Gasteiger partial charge in [0.05, 0.1) is 15.0 Å². The summed E-state index contributed by atoms with van der Waals surface area (Å²) >= 11 is 8.19. The monoisotopic (exact) mass is 469 g/mol. The minimum absolute atomic E-state index is 0.00175. The first-order chi connectivity index (χ1) is 15.1. The van der Waals surface area contributed by atoms with Gasteiger partial charge in [-0.25, -0.2) is 0 Å². The molecule has 0 N–H and O–H groups in total. The van der Waals surface area contributed by atoms with Crippen molar-refractivity contribution >= 4 is 46.5 Å². The Bertz CT molecular complexity index is 1190. The van der Waals surface area contributed by atoms with Gasteiger partial charge in [-0.2, -0.15) is 0 Å². The Morgan fingerprint density at radius 2 is 1.68 bits per heavy atom. The number of ether oxygens (including phenoxy) is 1. The third-order valence-corrected chi connectivity index (χ3v) is 6.39. The molecule has 0 radical (unpaired) electrons. The van der Waals surface area contributed by atoms with Gasteiger partial charge in [0.15, 0.2) is 17.6 Å². The highest BCUT2D eigenvalue weighted by molar-refractivity contribution is 7.99. The normalized spacial score (nSPS) is 10.7. The number of thioether (sulfide) groups is 1. The standard InChI is InChI=1S/C22H16ClN3O3S2/c23-19-12-11-18(31-19)17(27)13-29-20(28)14-30-22-25-24-21(15-7-3-1-4-8-15)26(22)16-9-5-2-6-10-16/h1-12H,13-14H2. The highest BCUT2D eigenvalue weighted by atomic mass is 35.5. The Morgan fingerprint density at radius 3 is 2.35 bits per heavy atom. The van der Waals surface area contributed by atoms with Gasteiger partial charge < -0.3 is 4.74 Å². The molecule has 0 unspecified atom stereocenters. The molecule has 0 aliphatic carbocycles. The second-order valence-corrected chi connectivity index (χ2v) is 8.98. The van der Waals surface area contributed by atoms with Gasteiger partial charge in [0.2, 0.25) is 5.78 Å². The summed E-state index contributed by atoms with van der Waals surface area (Å²) in [6.07, 6.45) is 0. The molecule has 9 heteroatoms. The summed E-state index contributed by atoms with van der Waals surface area (Å²) in [5, 5.41) is 9.16. The van der Waals surface area contributed by atoms with Crippen LogP contribution in [0.5, 0.6) is 0 Å². The first-order valence-electron chi connectivity index (χ1n) is 9.25. The van der Waals surface area contributed by atoms with Crippen LogP contribution in [0.1, 0.15) is 9.67 Å². The van der Waals surface area contributed by atoms with Gasteiger partial charge in [0.1, 0.15) is 0 Å². The fourth-order valence-electron chi connectivity index (χ4n) is 2.79. The molecule has 31 heavy (non-hydrogen) atoms. The minimum Gasteiger partial charge on any atom is -0.457 e. The average Bonchev–Trinajstić information content (AvgIpc) is 3.43. The summed E-state index contributed by atoms with van der Waals surface area (Å²) in [6.45, 7) is -0.323. The predicted octanol–water partition coefficient (Wildman–Crippen LogP) is 5.17. The largest absolute Gasteiger partial charge is 0.457 e. The number of benzene rings is 2. The van der Waals surface area contributed by atoms with Crippen molar-refractivity contribution in [1.82, 2.24) is 14.8 Å². The zero-order valence-corrected chi connectivity index (χ0v) is 18.5. The highest BCUT2D eigenvalue weighted by Gasteiger charge is 2.18. The number of thiophene rings is 1. The lowest BCUT2D eigenvalue weighted by molar-refractivity contribution is -0.139. The third kappa shape index (κ3) is 5.22. The topological polar surface area (TPSA) is 74.1 Å². The molecule has 0 aliphatic heterocycles. The van der Waals surface area contributed by atoms with Crippen LogP contribution >= 0.6 is 34.7 Å². The fourth-order valence-corrected chi connectivity index (χ4v) is 4.51. The number of hydrogen-bond acceptors (Lipinski definition) is 7. The van der Waals surface area contributed by atoms with Crippen LogP contribution in [0.2, 0.25) is 4.34 Å². The lowest BCUT2D eigenvalue weighted by Crippen LogP contribution is -2.15. The Balaban J connectivity index is 1.46. The van der Waals surface area contributed by atoms with Crippen LogP contribution in [0.3, 0.4) is 0 Å². The van der Waals surface area contributed by atoms with E-state index in [1.165, 1.54) is 11.8 Å². The van der Waals surface area contributed by atoms with Crippen LogP contribution in [-0.2, 0) is 9.53 Å². The zero-order valence-electron chi connectivity index (χ0n) is 16.1. The van der Waals surface area contributed by atoms with E-state index in [2.05, 4.69) is 10.2 Å². The van der Waals surface area contributed by atoms with E-state index in [1.54, 1.807) is 12.1 Å². The fraction of sp³-hybridized carbons (Fsp3) is 0.0909. The molecule has 4 aromatic rings. The quantitative estimate of drug-likeness (QED) is 0.201. The maximum atomic E-state index is 12.2. The molecule has 0 fully saturated rings. The first kappa shape index (κ1) is 21.3. The number of Topliss-reactive ketones (excluding diaryl/α,β-unsaturated/α-hetero) is 1. The molecular weight excluding hydrogens is 454 g/mol. The molecule has 2 aromatic carbocycles. The predicted molar refractivity (Wildman–Crippen MR) is 122 cm³/mol. The molecule has 2 heterocycles. The van der Waals surface area contributed by atoms with E-state index in [4.69, 9.17) is 16.3 Å². The van der Waals surface area contributed by atoms with Crippen LogP contribution in [0.25, 0.3) is 17.1 Å². The minimum atomic E-state index is -0.509. The highest BCUT2D eigenvalue weighted by Crippen LogP contribution is 2.28. The lowest BCUT2D eigenvalue weighted by atomic mass is 10.2. The van der Waals surface area contributed by atoms with Crippen molar-refractivity contribution in [3.63, 3.8) is 0 Å². The first-order valence-corrected chi connectivity index (χ1v) is 11.4. The summed E-state index contributed by atoms with van der Waals surface area (Å²) in [7, 11) is 0. The Hall–Kier alpha value is -2.94. The number of para-hydroxylation sites is 1. The molecule has 0 amide bonds. The van der Waals surface area contributed by atoms with Crippen molar-refractivity contribution in [2.45, 2.75) is 5.16 Å². The summed E-state index contributed by atoms with van der Waals surface area (Å²) in [5.41, 5.74) is 1.79. The molecule has 2 aromatic heterocycles. The molecule has 0 bridgehead atoms. The second kappa shape index (κ2) is 9.91. The molecule has 156 valence electrons. The van der Waals surface area contributed by atoms with Crippen molar-refractivity contribution in [1.29, 1.82) is 0 Å². The Kier molecular flexibility index (Phi) is 6.81. The van der Waals surface area contributed by atoms with Gasteiger partial charge in [-0.05, 0) is 24.3 Å². The molecule has 0 spiro atoms. The van der Waals surface area contributed by atoms with Gasteiger partial charge in [0.25, 0.3) is 0 Å². The van der Waals surface area contributed by atoms with Crippen molar-refractivity contribution in [3.05, 3.63) is 82.0 Å². The number of carbonyl (C=O) groups is 2. The Labute approximate surface area is 191 Å². The van der Waals surface area contributed by atoms with Crippen LogP contribution in [0.4, 0.5) is 0 Å². The SMILES string of the molecule is O=C(CSc1nnc(-c2ccccc2)n1-c1ccccc1)OCC(=O)c1ccc(Cl)s1. The van der Waals surface area contributed by atoms with E-state index in [0.717, 1.165) is 22.6 Å². The number of carbonyl (C=O) groups excluding carboxylic acids is 2. The van der Waals surface area contributed by atoms with E-state index >= 15 is 0 Å². The van der Waals surface area contributed by atoms with Crippen LogP contribution in [0, 0.1) is 0 Å². The van der Waals surface area contributed by atoms with E-state index < -0.39 is 5.97 Å². The zero-order chi connectivity index (χ0) is 21.6. The van der Waals surface area contributed by atoms with Crippen LogP contribution in [0.15, 0.2) is 78.0 Å². The maximum absolute atomic E-state index is 12.2. The summed E-state index contributed by atoms with van der Waals surface area (Å²) < 4.78 is 7.53. The van der Waals surface area contributed by atoms with Gasteiger partial charge >= 0.3 is 5.97 Å². The number of rotatable bonds is 8. The average molecular weight is 470 g/mol. The molecule has 6 nitrogen and oxygen atoms in total. The summed E-state index contributed by atoms with van der Waals surface area (Å²) in [6, 6.07) is 22.6. The van der Waals surface area contributed by atoms with Crippen molar-refractivity contribution < 1.29 is 14.3 Å². The number of esters is 1. The van der Waals surface area contributed by atoms with E-state index in [-0.39, 0.29) is 18.1 Å². The number of ketones is 1. The number of halogens is 1. The number of aromatic nitrogens is 3. The number of hydrogen-bond donors (Lipinski definition) is 0. The van der Waals surface area contributed by atoms with Crippen LogP contribution in [-0.4, -0.2) is 38.9 Å². The maximum Gasteiger partial charge on any atom is 0.316 e. The molecule has 4 rings (SSSR count). The lowest BCUT2D eigenvalue weighted by Gasteiger charge is -2.10.